The highest BCUT2D eigenvalue weighted by molar-refractivity contribution is 6.02. The maximum absolute atomic E-state index is 14.6. The third-order valence-corrected chi connectivity index (χ3v) is 6.20. The van der Waals surface area contributed by atoms with Gasteiger partial charge in [0.1, 0.15) is 12.2 Å². The monoisotopic (exact) mass is 452 g/mol. The van der Waals surface area contributed by atoms with Gasteiger partial charge in [-0.25, -0.2) is 4.39 Å². The number of hydrogen-bond acceptors (Lipinski definition) is 6. The summed E-state index contributed by atoms with van der Waals surface area (Å²) in [6.45, 7) is 4.49. The van der Waals surface area contributed by atoms with E-state index in [-0.39, 0.29) is 30.6 Å². The molecule has 33 heavy (non-hydrogen) atoms. The van der Waals surface area contributed by atoms with Crippen molar-refractivity contribution in [3.63, 3.8) is 0 Å². The van der Waals surface area contributed by atoms with E-state index in [1.54, 1.807) is 6.07 Å². The number of benzene rings is 2. The molecule has 5 rings (SSSR count). The molecule has 1 aromatic heterocycles. The van der Waals surface area contributed by atoms with Gasteiger partial charge in [0, 0.05) is 43.1 Å². The maximum Gasteiger partial charge on any atom is 0.234 e. The van der Waals surface area contributed by atoms with E-state index in [1.807, 2.05) is 12.1 Å². The average molecular weight is 452 g/mol. The highest BCUT2D eigenvalue weighted by Crippen LogP contribution is 2.35. The molecule has 2 aliphatic rings. The summed E-state index contributed by atoms with van der Waals surface area (Å²) in [5, 5.41) is 2.96. The minimum absolute atomic E-state index is 0.0924. The number of fused-ring (bicyclic) bond motifs is 1. The van der Waals surface area contributed by atoms with Gasteiger partial charge in [-0.1, -0.05) is 24.3 Å². The smallest absolute Gasteiger partial charge is 0.234 e. The molecule has 0 spiro atoms. The standard InChI is InChI=1S/C25H25FN2O5/c26-21-12-22-19(20(15-33-22)18-5-6-24(29)27-25(18)30)11-23(21)32-14-17-3-1-16(2-4-17)13-28-7-9-31-10-8-28/h1-4,11-12,15,18H,5-10,13-14H2,(H,27,29,30). The van der Waals surface area contributed by atoms with Crippen molar-refractivity contribution in [1.82, 2.24) is 10.2 Å². The molecule has 0 saturated carbocycles. The van der Waals surface area contributed by atoms with Gasteiger partial charge >= 0.3 is 0 Å². The van der Waals surface area contributed by atoms with Crippen LogP contribution in [0.5, 0.6) is 5.75 Å². The Hall–Kier alpha value is -3.23. The molecule has 1 N–H and O–H groups in total. The largest absolute Gasteiger partial charge is 0.486 e. The Kier molecular flexibility index (Phi) is 6.11. The number of nitrogens with zero attached hydrogens (tertiary/aromatic N) is 1. The predicted octanol–water partition coefficient (Wildman–Crippen LogP) is 3.50. The average Bonchev–Trinajstić information content (AvgIpc) is 3.21. The van der Waals surface area contributed by atoms with Crippen LogP contribution in [0, 0.1) is 5.82 Å². The van der Waals surface area contributed by atoms with Crippen molar-refractivity contribution in [2.45, 2.75) is 31.9 Å². The lowest BCUT2D eigenvalue weighted by Gasteiger charge is -2.26. The van der Waals surface area contributed by atoms with Crippen LogP contribution in [0.25, 0.3) is 11.0 Å². The van der Waals surface area contributed by atoms with Crippen LogP contribution in [0.1, 0.15) is 35.4 Å². The fourth-order valence-corrected chi connectivity index (χ4v) is 4.34. The number of piperidine rings is 1. The molecule has 1 unspecified atom stereocenters. The summed E-state index contributed by atoms with van der Waals surface area (Å²) in [7, 11) is 0. The number of rotatable bonds is 6. The summed E-state index contributed by atoms with van der Waals surface area (Å²) < 4.78 is 31.2. The third kappa shape index (κ3) is 4.77. The molecular weight excluding hydrogens is 427 g/mol. The number of morpholine rings is 1. The fraction of sp³-hybridized carbons (Fsp3) is 0.360. The SMILES string of the molecule is O=C1CCC(c2coc3cc(F)c(OCc4ccc(CN5CCOCC5)cc4)cc23)C(=O)N1. The van der Waals surface area contributed by atoms with E-state index in [9.17, 15) is 14.0 Å². The molecule has 2 saturated heterocycles. The zero-order valence-electron chi connectivity index (χ0n) is 18.1. The minimum atomic E-state index is -0.532. The van der Waals surface area contributed by atoms with Crippen LogP contribution in [0.4, 0.5) is 4.39 Å². The molecule has 0 radical (unpaired) electrons. The number of carbonyl (C=O) groups is 2. The first-order valence-electron chi connectivity index (χ1n) is 11.1. The molecule has 7 nitrogen and oxygen atoms in total. The Bertz CT molecular complexity index is 1170. The van der Waals surface area contributed by atoms with E-state index in [0.717, 1.165) is 38.4 Å². The van der Waals surface area contributed by atoms with Gasteiger partial charge in [-0.15, -0.1) is 0 Å². The quantitative estimate of drug-likeness (QED) is 0.577. The number of amides is 2. The van der Waals surface area contributed by atoms with Crippen molar-refractivity contribution < 1.29 is 27.9 Å². The van der Waals surface area contributed by atoms with Gasteiger partial charge in [0.25, 0.3) is 0 Å². The van der Waals surface area contributed by atoms with Crippen molar-refractivity contribution in [2.75, 3.05) is 26.3 Å². The van der Waals surface area contributed by atoms with E-state index in [0.29, 0.717) is 23.0 Å². The van der Waals surface area contributed by atoms with Gasteiger partial charge in [0.2, 0.25) is 11.8 Å². The second kappa shape index (κ2) is 9.33. The summed E-state index contributed by atoms with van der Waals surface area (Å²) in [5.41, 5.74) is 3.11. The Morgan fingerprint density at radius 2 is 1.85 bits per heavy atom. The molecule has 0 aliphatic carbocycles. The summed E-state index contributed by atoms with van der Waals surface area (Å²) in [6, 6.07) is 10.9. The first-order chi connectivity index (χ1) is 16.1. The second-order valence-electron chi connectivity index (χ2n) is 8.47. The number of carbonyl (C=O) groups excluding carboxylic acids is 2. The normalized spacial score (nSPS) is 19.6. The van der Waals surface area contributed by atoms with Crippen LogP contribution < -0.4 is 10.1 Å². The number of nitrogens with one attached hydrogen (secondary N) is 1. The van der Waals surface area contributed by atoms with Crippen molar-refractivity contribution in [2.24, 2.45) is 0 Å². The number of imide groups is 1. The Morgan fingerprint density at radius 3 is 2.61 bits per heavy atom. The maximum atomic E-state index is 14.6. The van der Waals surface area contributed by atoms with Gasteiger partial charge in [-0.2, -0.15) is 0 Å². The van der Waals surface area contributed by atoms with Crippen molar-refractivity contribution in [3.8, 4) is 5.75 Å². The fourth-order valence-electron chi connectivity index (χ4n) is 4.34. The summed E-state index contributed by atoms with van der Waals surface area (Å²) >= 11 is 0. The summed E-state index contributed by atoms with van der Waals surface area (Å²) in [5.74, 6) is -1.60. The first kappa shape index (κ1) is 21.6. The number of hydrogen-bond donors (Lipinski definition) is 1. The minimum Gasteiger partial charge on any atom is -0.486 e. The Morgan fingerprint density at radius 1 is 1.09 bits per heavy atom. The van der Waals surface area contributed by atoms with Gasteiger partial charge in [-0.3, -0.25) is 19.8 Å². The van der Waals surface area contributed by atoms with Crippen molar-refractivity contribution >= 4 is 22.8 Å². The molecule has 1 atom stereocenters. The molecule has 172 valence electrons. The van der Waals surface area contributed by atoms with Gasteiger partial charge in [0.15, 0.2) is 11.6 Å². The van der Waals surface area contributed by atoms with Crippen LogP contribution in [-0.2, 0) is 27.5 Å². The molecule has 3 aromatic rings. The molecular formula is C25H25FN2O5. The first-order valence-corrected chi connectivity index (χ1v) is 11.1. The van der Waals surface area contributed by atoms with Gasteiger partial charge in [0.05, 0.1) is 25.4 Å². The highest BCUT2D eigenvalue weighted by Gasteiger charge is 2.30. The second-order valence-corrected chi connectivity index (χ2v) is 8.47. The zero-order chi connectivity index (χ0) is 22.8. The van der Waals surface area contributed by atoms with Crippen molar-refractivity contribution in [1.29, 1.82) is 0 Å². The van der Waals surface area contributed by atoms with Crippen LogP contribution >= 0.6 is 0 Å². The lowest BCUT2D eigenvalue weighted by Crippen LogP contribution is -2.39. The highest BCUT2D eigenvalue weighted by atomic mass is 19.1. The van der Waals surface area contributed by atoms with E-state index in [2.05, 4.69) is 22.3 Å². The molecule has 2 fully saturated rings. The van der Waals surface area contributed by atoms with Crippen LogP contribution in [0.3, 0.4) is 0 Å². The zero-order valence-corrected chi connectivity index (χ0v) is 18.1. The number of halogens is 1. The van der Waals surface area contributed by atoms with E-state index in [1.165, 1.54) is 17.9 Å². The molecule has 8 heteroatoms. The molecule has 2 amide bonds. The summed E-state index contributed by atoms with van der Waals surface area (Å²) in [4.78, 5) is 26.1. The van der Waals surface area contributed by atoms with Gasteiger partial charge < -0.3 is 13.9 Å². The molecule has 2 aliphatic heterocycles. The van der Waals surface area contributed by atoms with Crippen molar-refractivity contribution in [3.05, 3.63) is 65.2 Å². The van der Waals surface area contributed by atoms with E-state index < -0.39 is 11.7 Å². The molecule has 3 heterocycles. The summed E-state index contributed by atoms with van der Waals surface area (Å²) in [6.07, 6.45) is 2.11. The topological polar surface area (TPSA) is 81.0 Å². The Labute approximate surface area is 190 Å². The van der Waals surface area contributed by atoms with E-state index >= 15 is 0 Å². The lowest BCUT2D eigenvalue weighted by atomic mass is 9.90. The Balaban J connectivity index is 1.28. The lowest BCUT2D eigenvalue weighted by molar-refractivity contribution is -0.134. The van der Waals surface area contributed by atoms with Crippen LogP contribution in [-0.4, -0.2) is 43.0 Å². The predicted molar refractivity (Wildman–Crippen MR) is 118 cm³/mol. The molecule has 2 aromatic carbocycles. The van der Waals surface area contributed by atoms with E-state index in [4.69, 9.17) is 13.9 Å². The number of ether oxygens (including phenoxy) is 2. The van der Waals surface area contributed by atoms with Gasteiger partial charge in [-0.05, 0) is 23.6 Å². The number of furan rings is 1. The molecule has 0 bridgehead atoms. The van der Waals surface area contributed by atoms with Crippen LogP contribution in [0.15, 0.2) is 47.1 Å². The van der Waals surface area contributed by atoms with Crippen LogP contribution in [0.2, 0.25) is 0 Å². The third-order valence-electron chi connectivity index (χ3n) is 6.20.